The molecule has 0 bridgehead atoms. The first kappa shape index (κ1) is 32.1. The zero-order valence-electron chi connectivity index (χ0n) is 19.7. The number of unbranched alkanes of at least 4 members (excludes halogenated alkanes) is 12. The van der Waals surface area contributed by atoms with Crippen LogP contribution < -0.4 is 29.6 Å². The zero-order valence-corrected chi connectivity index (χ0v) is 22.5. The van der Waals surface area contributed by atoms with E-state index in [1.54, 1.807) is 0 Å². The molecule has 4 nitrogen and oxygen atoms in total. The molecule has 0 aliphatic heterocycles. The van der Waals surface area contributed by atoms with Crippen LogP contribution in [0.2, 0.25) is 0 Å². The van der Waals surface area contributed by atoms with Crippen LogP contribution in [0.1, 0.15) is 136 Å². The third-order valence-electron chi connectivity index (χ3n) is 5.72. The quantitative estimate of drug-likeness (QED) is 0.167. The summed E-state index contributed by atoms with van der Waals surface area (Å²) >= 11 is 0. The van der Waals surface area contributed by atoms with E-state index in [1.807, 2.05) is 6.92 Å². The number of rotatable bonds is 21. The minimum atomic E-state index is -4.12. The maximum Gasteiger partial charge on any atom is 1.00 e. The Morgan fingerprint density at radius 2 is 1.00 bits per heavy atom. The normalized spacial score (nSPS) is 13.8. The Bertz CT molecular complexity index is 429. The van der Waals surface area contributed by atoms with Crippen molar-refractivity contribution in [1.29, 1.82) is 0 Å². The van der Waals surface area contributed by atoms with Gasteiger partial charge in [0.2, 0.25) is 0 Å². The number of hydrogen-bond acceptors (Lipinski definition) is 4. The summed E-state index contributed by atoms with van der Waals surface area (Å²) < 4.78 is 33.5. The Kier molecular flexibility index (Phi) is 24.4. The largest absolute Gasteiger partial charge is 1.00 e. The molecule has 0 saturated carbocycles. The average molecular weight is 443 g/mol. The summed E-state index contributed by atoms with van der Waals surface area (Å²) in [7, 11) is -4.12. The fraction of sp³-hybridized carbons (Fsp3) is 1.00. The van der Waals surface area contributed by atoms with Gasteiger partial charge in [-0.1, -0.05) is 110 Å². The van der Waals surface area contributed by atoms with Crippen LogP contribution >= 0.6 is 0 Å². The van der Waals surface area contributed by atoms with Gasteiger partial charge in [-0.15, -0.1) is 0 Å². The second-order valence-electron chi connectivity index (χ2n) is 8.52. The maximum atomic E-state index is 11.2. The topological polar surface area (TPSA) is 77.4 Å². The summed E-state index contributed by atoms with van der Waals surface area (Å²) in [6.07, 6.45) is 20.3. The van der Waals surface area contributed by atoms with E-state index in [0.717, 1.165) is 44.9 Å². The Morgan fingerprint density at radius 1 is 0.621 bits per heavy atom. The second kappa shape index (κ2) is 22.1. The van der Waals surface area contributed by atoms with E-state index in [1.165, 1.54) is 64.2 Å². The van der Waals surface area contributed by atoms with Crippen molar-refractivity contribution in [3.63, 3.8) is 0 Å². The molecule has 2 unspecified atom stereocenters. The average Bonchev–Trinajstić information content (AvgIpc) is 2.64. The van der Waals surface area contributed by atoms with Crippen molar-refractivity contribution < 1.29 is 47.6 Å². The summed E-state index contributed by atoms with van der Waals surface area (Å²) in [5.74, 6) is 0. The Hall–Kier alpha value is 0.870. The van der Waals surface area contributed by atoms with Crippen LogP contribution in [0.5, 0.6) is 0 Å². The molecule has 0 aliphatic carbocycles. The van der Waals surface area contributed by atoms with Crippen LogP contribution in [0, 0.1) is 0 Å². The van der Waals surface area contributed by atoms with Crippen LogP contribution in [-0.2, 0) is 10.1 Å². The molecule has 29 heavy (non-hydrogen) atoms. The number of hydrogen-bond donors (Lipinski definition) is 1. The molecule has 0 aliphatic rings. The van der Waals surface area contributed by atoms with E-state index in [0.29, 0.717) is 12.8 Å². The molecule has 0 heterocycles. The first-order chi connectivity index (χ1) is 13.4. The minimum absolute atomic E-state index is 0. The van der Waals surface area contributed by atoms with Crippen molar-refractivity contribution in [2.45, 2.75) is 147 Å². The van der Waals surface area contributed by atoms with Gasteiger partial charge in [-0.25, -0.2) is 8.42 Å². The second-order valence-corrected chi connectivity index (χ2v) is 10.2. The Balaban J connectivity index is 0. The van der Waals surface area contributed by atoms with Crippen molar-refractivity contribution in [2.75, 3.05) is 0 Å². The van der Waals surface area contributed by atoms with Gasteiger partial charge in [0.15, 0.2) is 0 Å². The third-order valence-corrected chi connectivity index (χ3v) is 7.01. The zero-order chi connectivity index (χ0) is 21.1. The van der Waals surface area contributed by atoms with Crippen molar-refractivity contribution >= 4 is 10.1 Å². The molecule has 0 saturated heterocycles. The van der Waals surface area contributed by atoms with Gasteiger partial charge in [-0.2, -0.15) is 0 Å². The summed E-state index contributed by atoms with van der Waals surface area (Å²) in [6, 6.07) is 0. The molecular formula is C23H47NaO4S. The van der Waals surface area contributed by atoms with Gasteiger partial charge >= 0.3 is 29.6 Å². The van der Waals surface area contributed by atoms with Gasteiger partial charge in [0, 0.05) is 5.25 Å². The van der Waals surface area contributed by atoms with Crippen LogP contribution in [0.4, 0.5) is 0 Å². The molecule has 0 fully saturated rings. The number of aliphatic hydroxyl groups excluding tert-OH is 1. The summed E-state index contributed by atoms with van der Waals surface area (Å²) in [5.41, 5.74) is 0. The van der Waals surface area contributed by atoms with Gasteiger partial charge < -0.3 is 9.66 Å². The van der Waals surface area contributed by atoms with Crippen molar-refractivity contribution in [3.8, 4) is 0 Å². The Labute approximate surface area is 204 Å². The summed E-state index contributed by atoms with van der Waals surface area (Å²) in [5, 5.41) is 9.28. The molecule has 2 atom stereocenters. The van der Waals surface area contributed by atoms with Crippen molar-refractivity contribution in [2.24, 2.45) is 0 Å². The Morgan fingerprint density at radius 3 is 1.38 bits per heavy atom. The summed E-state index contributed by atoms with van der Waals surface area (Å²) in [4.78, 5) is 0. The molecule has 0 amide bonds. The fourth-order valence-corrected chi connectivity index (χ4v) is 4.85. The van der Waals surface area contributed by atoms with Crippen LogP contribution in [0.3, 0.4) is 0 Å². The van der Waals surface area contributed by atoms with E-state index < -0.39 is 15.4 Å². The molecule has 170 valence electrons. The van der Waals surface area contributed by atoms with Gasteiger partial charge in [0.1, 0.15) is 0 Å². The van der Waals surface area contributed by atoms with Gasteiger partial charge in [0.25, 0.3) is 0 Å². The predicted octanol–water partition coefficient (Wildman–Crippen LogP) is 3.72. The first-order valence-corrected chi connectivity index (χ1v) is 13.5. The fourth-order valence-electron chi connectivity index (χ4n) is 3.87. The van der Waals surface area contributed by atoms with E-state index in [2.05, 4.69) is 6.92 Å². The molecule has 0 rings (SSSR count). The van der Waals surface area contributed by atoms with E-state index in [-0.39, 0.29) is 35.7 Å². The van der Waals surface area contributed by atoms with Crippen molar-refractivity contribution in [3.05, 3.63) is 0 Å². The molecular weight excluding hydrogens is 395 g/mol. The molecule has 6 heteroatoms. The predicted molar refractivity (Wildman–Crippen MR) is 119 cm³/mol. The van der Waals surface area contributed by atoms with E-state index >= 15 is 0 Å². The van der Waals surface area contributed by atoms with Crippen LogP contribution in [0.25, 0.3) is 0 Å². The minimum Gasteiger partial charge on any atom is -0.748 e. The maximum absolute atomic E-state index is 11.2. The van der Waals surface area contributed by atoms with Gasteiger partial charge in [-0.3, -0.25) is 0 Å². The molecule has 0 aromatic rings. The van der Waals surface area contributed by atoms with Crippen LogP contribution in [-0.4, -0.2) is 29.4 Å². The number of aliphatic hydroxyl groups is 1. The third kappa shape index (κ3) is 21.9. The summed E-state index contributed by atoms with van der Waals surface area (Å²) in [6.45, 7) is 4.14. The van der Waals surface area contributed by atoms with Crippen molar-refractivity contribution in [1.82, 2.24) is 0 Å². The van der Waals surface area contributed by atoms with Gasteiger partial charge in [0.05, 0.1) is 16.2 Å². The molecule has 0 aromatic carbocycles. The molecule has 1 N–H and O–H groups in total. The smallest absolute Gasteiger partial charge is 0.748 e. The monoisotopic (exact) mass is 442 g/mol. The first-order valence-electron chi connectivity index (χ1n) is 12.0. The van der Waals surface area contributed by atoms with E-state index in [9.17, 15) is 18.1 Å². The SMILES string of the molecule is CCCCCCC(O)CCCCCCCCCCCCC(CCC)S(=O)(=O)[O-].[Na+]. The molecule has 0 spiro atoms. The van der Waals surface area contributed by atoms with Gasteiger partial charge in [-0.05, 0) is 25.7 Å². The van der Waals surface area contributed by atoms with Crippen LogP contribution in [0.15, 0.2) is 0 Å². The van der Waals surface area contributed by atoms with E-state index in [4.69, 9.17) is 0 Å². The molecule has 0 aromatic heterocycles. The molecule has 0 radical (unpaired) electrons. The standard InChI is InChI=1S/C23H48O4S.Na/c1-3-5-6-15-19-22(24)20-16-13-11-9-7-8-10-12-14-17-21-23(18-4-2)28(25,26)27;/h22-24H,3-21H2,1-2H3,(H,25,26,27);/q;+1/p-1.